The van der Waals surface area contributed by atoms with Crippen LogP contribution in [0.3, 0.4) is 0 Å². The lowest BCUT2D eigenvalue weighted by atomic mass is 10.0. The molecule has 0 bridgehead atoms. The maximum Gasteiger partial charge on any atom is 0.116 e. The van der Waals surface area contributed by atoms with Crippen LogP contribution >= 0.6 is 0 Å². The Morgan fingerprint density at radius 1 is 0.619 bits per heavy atom. The molecule has 98 valence electrons. The summed E-state index contributed by atoms with van der Waals surface area (Å²) in [5, 5.41) is 11.6. The van der Waals surface area contributed by atoms with E-state index in [0.717, 1.165) is 44.3 Å². The normalized spacial score (nSPS) is 12.8. The quantitative estimate of drug-likeness (QED) is 0.461. The van der Waals surface area contributed by atoms with Crippen molar-refractivity contribution in [3.8, 4) is 28.0 Å². The zero-order valence-corrected chi connectivity index (χ0v) is 11.0. The van der Waals surface area contributed by atoms with Crippen molar-refractivity contribution in [1.29, 1.82) is 0 Å². The summed E-state index contributed by atoms with van der Waals surface area (Å²) in [6.07, 6.45) is 0. The molecule has 0 saturated heterocycles. The minimum absolute atomic E-state index is 0.262. The summed E-state index contributed by atoms with van der Waals surface area (Å²) >= 11 is 0. The van der Waals surface area contributed by atoms with Gasteiger partial charge in [0.25, 0.3) is 0 Å². The molecule has 3 heteroatoms. The van der Waals surface area contributed by atoms with Gasteiger partial charge in [-0.1, -0.05) is 18.2 Å². The van der Waals surface area contributed by atoms with E-state index in [9.17, 15) is 5.11 Å². The fourth-order valence-electron chi connectivity index (χ4n) is 3.09. The smallest absolute Gasteiger partial charge is 0.116 e. The largest absolute Gasteiger partial charge is 0.508 e. The van der Waals surface area contributed by atoms with Crippen molar-refractivity contribution >= 4 is 11.4 Å². The van der Waals surface area contributed by atoms with Crippen LogP contribution in [0.1, 0.15) is 0 Å². The lowest BCUT2D eigenvalue weighted by molar-refractivity contribution is 0.475. The average Bonchev–Trinajstić information content (AvgIpc) is 3.02. The van der Waals surface area contributed by atoms with Crippen LogP contribution < -0.4 is 10.7 Å². The van der Waals surface area contributed by atoms with Crippen molar-refractivity contribution in [1.82, 2.24) is 0 Å². The number of nitrogens with zero attached hydrogens (tertiary/aromatic N) is 2. The Morgan fingerprint density at radius 2 is 1.29 bits per heavy atom. The molecule has 2 heterocycles. The summed E-state index contributed by atoms with van der Waals surface area (Å²) in [4.78, 5) is 9.34. The third-order valence-corrected chi connectivity index (χ3v) is 4.06. The van der Waals surface area contributed by atoms with Crippen LogP contribution in [0.15, 0.2) is 64.6 Å². The molecule has 0 aromatic heterocycles. The number of hydrogen-bond acceptors (Lipinski definition) is 3. The highest BCUT2D eigenvalue weighted by Gasteiger charge is 2.19. The molecule has 0 aliphatic carbocycles. The first kappa shape index (κ1) is 10.8. The Balaban J connectivity index is 1.85. The van der Waals surface area contributed by atoms with Crippen molar-refractivity contribution in [2.45, 2.75) is 0 Å². The van der Waals surface area contributed by atoms with Crippen molar-refractivity contribution in [3.63, 3.8) is 0 Å². The number of hydrogen-bond donors (Lipinski definition) is 1. The molecule has 0 atom stereocenters. The Hall–Kier alpha value is -2.94. The van der Waals surface area contributed by atoms with Crippen LogP contribution in [0.5, 0.6) is 5.75 Å². The molecule has 0 saturated carbocycles. The first-order valence-corrected chi connectivity index (χ1v) is 6.84. The molecule has 0 fully saturated rings. The van der Waals surface area contributed by atoms with E-state index in [1.165, 1.54) is 0 Å². The number of benzene rings is 3. The van der Waals surface area contributed by atoms with Gasteiger partial charge in [0.1, 0.15) is 5.75 Å². The minimum Gasteiger partial charge on any atom is -0.508 e. The maximum absolute atomic E-state index is 9.69. The molecule has 0 unspecified atom stereocenters. The number of para-hydroxylation sites is 1. The van der Waals surface area contributed by atoms with Crippen molar-refractivity contribution in [2.75, 3.05) is 0 Å². The first-order chi connectivity index (χ1) is 10.3. The lowest BCUT2D eigenvalue weighted by Crippen LogP contribution is -2.11. The van der Waals surface area contributed by atoms with Crippen LogP contribution in [0.4, 0.5) is 11.4 Å². The second-order valence-electron chi connectivity index (χ2n) is 5.33. The highest BCUT2D eigenvalue weighted by Crippen LogP contribution is 2.37. The molecular formula is C18H10N2O. The Bertz CT molecular complexity index is 1050. The van der Waals surface area contributed by atoms with E-state index in [2.05, 4.69) is 28.2 Å². The zero-order valence-electron chi connectivity index (χ0n) is 11.0. The summed E-state index contributed by atoms with van der Waals surface area (Å²) in [5.41, 5.74) is 6.21. The monoisotopic (exact) mass is 270 g/mol. The van der Waals surface area contributed by atoms with Gasteiger partial charge in [0, 0.05) is 22.3 Å². The number of phenols is 1. The van der Waals surface area contributed by atoms with Gasteiger partial charge in [-0.05, 0) is 36.4 Å². The van der Waals surface area contributed by atoms with Gasteiger partial charge < -0.3 is 5.11 Å². The van der Waals surface area contributed by atoms with Crippen LogP contribution in [0, 0.1) is 0 Å². The van der Waals surface area contributed by atoms with Gasteiger partial charge in [-0.3, -0.25) is 0 Å². The Kier molecular flexibility index (Phi) is 1.84. The van der Waals surface area contributed by atoms with E-state index in [-0.39, 0.29) is 5.75 Å². The molecule has 1 N–H and O–H groups in total. The minimum atomic E-state index is 0.262. The van der Waals surface area contributed by atoms with E-state index in [1.54, 1.807) is 12.1 Å². The second-order valence-corrected chi connectivity index (χ2v) is 5.33. The van der Waals surface area contributed by atoms with Gasteiger partial charge in [0.15, 0.2) is 0 Å². The fraction of sp³-hybridized carbons (Fsp3) is 0. The van der Waals surface area contributed by atoms with E-state index < -0.39 is 0 Å². The van der Waals surface area contributed by atoms with Gasteiger partial charge >= 0.3 is 0 Å². The molecule has 2 aliphatic rings. The van der Waals surface area contributed by atoms with Crippen molar-refractivity contribution < 1.29 is 5.11 Å². The average molecular weight is 270 g/mol. The molecule has 3 aromatic carbocycles. The molecule has 3 aromatic rings. The Labute approximate surface area is 120 Å². The molecule has 21 heavy (non-hydrogen) atoms. The number of aromatic hydroxyl groups is 1. The fourth-order valence-corrected chi connectivity index (χ4v) is 3.09. The molecular weight excluding hydrogens is 260 g/mol. The summed E-state index contributed by atoms with van der Waals surface area (Å²) in [7, 11) is 0. The highest BCUT2D eigenvalue weighted by atomic mass is 16.3. The van der Waals surface area contributed by atoms with Crippen LogP contribution in [0.25, 0.3) is 22.3 Å². The predicted octanol–water partition coefficient (Wildman–Crippen LogP) is 3.26. The number of fused-ring (bicyclic) bond motifs is 6. The van der Waals surface area contributed by atoms with Crippen LogP contribution in [-0.4, -0.2) is 5.11 Å². The first-order valence-electron chi connectivity index (χ1n) is 6.84. The summed E-state index contributed by atoms with van der Waals surface area (Å²) in [6.45, 7) is 0. The topological polar surface area (TPSA) is 45.0 Å². The number of rotatable bonds is 0. The standard InChI is InChI=1S/C18H10N2O/c21-10-5-6-16-12(7-10)14-9-17-13(8-18(14)20-16)11-3-1-2-4-15(11)19-17/h1-9,21H. The predicted molar refractivity (Wildman–Crippen MR) is 80.6 cm³/mol. The summed E-state index contributed by atoms with van der Waals surface area (Å²) < 4.78 is 0. The third-order valence-electron chi connectivity index (χ3n) is 4.06. The molecule has 5 rings (SSSR count). The van der Waals surface area contributed by atoms with Gasteiger partial charge in [-0.2, -0.15) is 0 Å². The summed E-state index contributed by atoms with van der Waals surface area (Å²) in [6, 6.07) is 17.6. The molecule has 0 amide bonds. The Morgan fingerprint density at radius 3 is 2.10 bits per heavy atom. The van der Waals surface area contributed by atoms with E-state index in [1.807, 2.05) is 24.3 Å². The molecule has 0 spiro atoms. The van der Waals surface area contributed by atoms with Crippen LogP contribution in [0.2, 0.25) is 0 Å². The van der Waals surface area contributed by atoms with Gasteiger partial charge in [0.2, 0.25) is 0 Å². The van der Waals surface area contributed by atoms with Gasteiger partial charge in [-0.15, -0.1) is 0 Å². The highest BCUT2D eigenvalue weighted by molar-refractivity contribution is 5.85. The van der Waals surface area contributed by atoms with E-state index in [4.69, 9.17) is 0 Å². The molecule has 3 nitrogen and oxygen atoms in total. The van der Waals surface area contributed by atoms with Crippen LogP contribution in [-0.2, 0) is 0 Å². The van der Waals surface area contributed by atoms with E-state index >= 15 is 0 Å². The van der Waals surface area contributed by atoms with Crippen molar-refractivity contribution in [3.05, 3.63) is 65.3 Å². The van der Waals surface area contributed by atoms with E-state index in [0.29, 0.717) is 0 Å². The molecule has 0 radical (unpaired) electrons. The summed E-state index contributed by atoms with van der Waals surface area (Å²) in [5.74, 6) is 0.262. The van der Waals surface area contributed by atoms with Crippen molar-refractivity contribution in [2.24, 2.45) is 9.98 Å². The SMILES string of the molecule is Oc1ccc2c(c1)-c1cc3c(cc1=N2)-c1ccccc1N=3. The lowest BCUT2D eigenvalue weighted by Gasteiger charge is -2.01. The third kappa shape index (κ3) is 1.37. The number of phenolic OH excluding ortho intramolecular Hbond substituents is 1. The second kappa shape index (κ2) is 3.58. The maximum atomic E-state index is 9.69. The zero-order chi connectivity index (χ0) is 14.0. The molecule has 2 aliphatic heterocycles. The van der Waals surface area contributed by atoms with Gasteiger partial charge in [0.05, 0.1) is 22.1 Å². The van der Waals surface area contributed by atoms with Gasteiger partial charge in [-0.25, -0.2) is 9.98 Å².